The second-order valence-electron chi connectivity index (χ2n) is 4.36. The minimum atomic E-state index is -0.223. The largest absolute Gasteiger partial charge is 0.338 e. The molecule has 0 saturated carbocycles. The van der Waals surface area contributed by atoms with Crippen molar-refractivity contribution < 1.29 is 4.79 Å². The van der Waals surface area contributed by atoms with Crippen LogP contribution in [0.1, 0.15) is 0 Å². The lowest BCUT2D eigenvalue weighted by molar-refractivity contribution is -0.114. The number of nitrogens with one attached hydrogen (secondary N) is 2. The Hall–Kier alpha value is -2.66. The van der Waals surface area contributed by atoms with Crippen molar-refractivity contribution in [2.24, 2.45) is 5.73 Å². The van der Waals surface area contributed by atoms with Crippen molar-refractivity contribution in [2.75, 3.05) is 11.9 Å². The predicted octanol–water partition coefficient (Wildman–Crippen LogP) is 1.93. The van der Waals surface area contributed by atoms with Crippen LogP contribution in [0.3, 0.4) is 0 Å². The van der Waals surface area contributed by atoms with Crippen molar-refractivity contribution >= 4 is 22.6 Å². The van der Waals surface area contributed by atoms with Gasteiger partial charge in [0, 0.05) is 11.3 Å². The summed E-state index contributed by atoms with van der Waals surface area (Å²) in [5, 5.41) is 2.71. The smallest absolute Gasteiger partial charge is 0.238 e. The molecule has 0 atom stereocenters. The second-order valence-corrected chi connectivity index (χ2v) is 4.36. The zero-order chi connectivity index (χ0) is 13.9. The van der Waals surface area contributed by atoms with Gasteiger partial charge in [-0.1, -0.05) is 24.3 Å². The predicted molar refractivity (Wildman–Crippen MR) is 78.0 cm³/mol. The van der Waals surface area contributed by atoms with Crippen molar-refractivity contribution in [3.8, 4) is 11.4 Å². The Kier molecular flexibility index (Phi) is 3.18. The third kappa shape index (κ3) is 2.39. The number of imidazole rings is 1. The van der Waals surface area contributed by atoms with Gasteiger partial charge < -0.3 is 16.0 Å². The van der Waals surface area contributed by atoms with Crippen molar-refractivity contribution in [2.45, 2.75) is 0 Å². The van der Waals surface area contributed by atoms with Crippen molar-refractivity contribution in [3.05, 3.63) is 48.5 Å². The van der Waals surface area contributed by atoms with E-state index in [-0.39, 0.29) is 12.5 Å². The minimum Gasteiger partial charge on any atom is -0.338 e. The third-order valence-electron chi connectivity index (χ3n) is 2.94. The van der Waals surface area contributed by atoms with Gasteiger partial charge in [-0.2, -0.15) is 0 Å². The molecule has 1 amide bonds. The summed E-state index contributed by atoms with van der Waals surface area (Å²) in [5.41, 5.74) is 8.67. The number of rotatable bonds is 3. The Morgan fingerprint density at radius 1 is 1.30 bits per heavy atom. The normalized spacial score (nSPS) is 10.7. The first-order valence-electron chi connectivity index (χ1n) is 6.22. The molecule has 0 fully saturated rings. The molecule has 3 aromatic rings. The highest BCUT2D eigenvalue weighted by Crippen LogP contribution is 2.22. The number of aromatic nitrogens is 2. The molecule has 0 saturated heterocycles. The van der Waals surface area contributed by atoms with Gasteiger partial charge in [0.2, 0.25) is 5.91 Å². The van der Waals surface area contributed by atoms with E-state index in [4.69, 9.17) is 5.73 Å². The van der Waals surface area contributed by atoms with E-state index < -0.39 is 0 Å². The van der Waals surface area contributed by atoms with Gasteiger partial charge in [0.15, 0.2) is 0 Å². The van der Waals surface area contributed by atoms with E-state index in [1.165, 1.54) is 0 Å². The summed E-state index contributed by atoms with van der Waals surface area (Å²) >= 11 is 0. The Morgan fingerprint density at radius 2 is 2.10 bits per heavy atom. The molecule has 99 valence electrons. The number of benzene rings is 2. The molecule has 2 aromatic carbocycles. The number of amides is 1. The van der Waals surface area contributed by atoms with E-state index in [0.29, 0.717) is 5.69 Å². The number of hydrogen-bond acceptors (Lipinski definition) is 3. The summed E-state index contributed by atoms with van der Waals surface area (Å²) in [4.78, 5) is 19.0. The Balaban J connectivity index is 1.97. The average molecular weight is 265 g/mol. The molecule has 0 unspecified atom stereocenters. The first-order chi connectivity index (χ1) is 9.76. The van der Waals surface area contributed by atoms with E-state index in [2.05, 4.69) is 21.4 Å². The molecule has 5 heteroatoms. The lowest BCUT2D eigenvalue weighted by atomic mass is 10.2. The molecule has 1 radical (unpaired) electrons. The number of nitrogens with zero attached hydrogens (tertiary/aromatic N) is 1. The minimum absolute atomic E-state index is 0.0373. The van der Waals surface area contributed by atoms with Crippen LogP contribution in [-0.2, 0) is 4.79 Å². The van der Waals surface area contributed by atoms with Crippen LogP contribution in [0.25, 0.3) is 22.4 Å². The third-order valence-corrected chi connectivity index (χ3v) is 2.94. The highest BCUT2D eigenvalue weighted by Gasteiger charge is 2.06. The number of carbonyl (C=O) groups excluding carboxylic acids is 1. The molecule has 0 aliphatic carbocycles. The molecule has 0 bridgehead atoms. The highest BCUT2D eigenvalue weighted by molar-refractivity contribution is 5.94. The lowest BCUT2D eigenvalue weighted by Gasteiger charge is -2.02. The standard InChI is InChI=1S/C15H13N4O/c16-9-14(20)17-11-6-7-12-13(8-11)19-15(18-12)10-4-2-1-3-5-10/h2-8H,9,16H2,(H,17,20)(H,18,19). The summed E-state index contributed by atoms with van der Waals surface area (Å²) in [6.45, 7) is -0.0373. The van der Waals surface area contributed by atoms with E-state index in [0.717, 1.165) is 22.4 Å². The fourth-order valence-corrected chi connectivity index (χ4v) is 1.98. The molecule has 1 heterocycles. The number of hydrogen-bond donors (Lipinski definition) is 3. The van der Waals surface area contributed by atoms with Gasteiger partial charge in [-0.15, -0.1) is 0 Å². The zero-order valence-electron chi connectivity index (χ0n) is 10.7. The van der Waals surface area contributed by atoms with Crippen LogP contribution in [0.5, 0.6) is 0 Å². The van der Waals surface area contributed by atoms with Crippen LogP contribution in [0, 0.1) is 6.07 Å². The second kappa shape index (κ2) is 5.14. The van der Waals surface area contributed by atoms with Crippen LogP contribution in [0.2, 0.25) is 0 Å². The van der Waals surface area contributed by atoms with Crippen molar-refractivity contribution in [1.82, 2.24) is 9.97 Å². The fourth-order valence-electron chi connectivity index (χ4n) is 1.98. The summed E-state index contributed by atoms with van der Waals surface area (Å²) in [6, 6.07) is 16.1. The molecule has 0 aliphatic rings. The molecule has 1 aromatic heterocycles. The number of anilines is 1. The van der Waals surface area contributed by atoms with E-state index in [1.54, 1.807) is 0 Å². The SMILES string of the molecule is NCC(=O)Nc1ccc2[nH]c(-c3cc[c]cc3)nc2c1. The molecule has 5 nitrogen and oxygen atoms in total. The van der Waals surface area contributed by atoms with Crippen LogP contribution in [-0.4, -0.2) is 22.4 Å². The van der Waals surface area contributed by atoms with Crippen molar-refractivity contribution in [1.29, 1.82) is 0 Å². The fraction of sp³-hybridized carbons (Fsp3) is 0.0667. The lowest BCUT2D eigenvalue weighted by Crippen LogP contribution is -2.21. The van der Waals surface area contributed by atoms with Gasteiger partial charge in [0.1, 0.15) is 5.82 Å². The molecule has 3 rings (SSSR count). The summed E-state index contributed by atoms with van der Waals surface area (Å²) in [5.74, 6) is 0.565. The zero-order valence-corrected chi connectivity index (χ0v) is 10.7. The summed E-state index contributed by atoms with van der Waals surface area (Å²) < 4.78 is 0. The molecule has 4 N–H and O–H groups in total. The van der Waals surface area contributed by atoms with Crippen LogP contribution < -0.4 is 11.1 Å². The maximum Gasteiger partial charge on any atom is 0.238 e. The van der Waals surface area contributed by atoms with Crippen LogP contribution >= 0.6 is 0 Å². The highest BCUT2D eigenvalue weighted by atomic mass is 16.1. The first-order valence-corrected chi connectivity index (χ1v) is 6.22. The van der Waals surface area contributed by atoms with Crippen LogP contribution in [0.15, 0.2) is 42.5 Å². The Morgan fingerprint density at radius 3 is 2.85 bits per heavy atom. The Bertz CT molecular complexity index is 749. The van der Waals surface area contributed by atoms with Crippen molar-refractivity contribution in [3.63, 3.8) is 0 Å². The average Bonchev–Trinajstić information content (AvgIpc) is 2.91. The summed E-state index contributed by atoms with van der Waals surface area (Å²) in [6.07, 6.45) is 0. The molecular weight excluding hydrogens is 252 g/mol. The van der Waals surface area contributed by atoms with Gasteiger partial charge in [0.05, 0.1) is 17.6 Å². The molecule has 0 aliphatic heterocycles. The number of aromatic amines is 1. The number of nitrogens with two attached hydrogens (primary N) is 1. The van der Waals surface area contributed by atoms with Gasteiger partial charge in [-0.3, -0.25) is 4.79 Å². The van der Waals surface area contributed by atoms with Gasteiger partial charge in [0.25, 0.3) is 0 Å². The van der Waals surface area contributed by atoms with Gasteiger partial charge in [-0.05, 0) is 24.3 Å². The number of fused-ring (bicyclic) bond motifs is 1. The van der Waals surface area contributed by atoms with E-state index in [9.17, 15) is 4.79 Å². The van der Waals surface area contributed by atoms with Crippen LogP contribution in [0.4, 0.5) is 5.69 Å². The Labute approximate surface area is 115 Å². The van der Waals surface area contributed by atoms with E-state index in [1.807, 2.05) is 42.5 Å². The monoisotopic (exact) mass is 265 g/mol. The van der Waals surface area contributed by atoms with Gasteiger partial charge >= 0.3 is 0 Å². The molecular formula is C15H13N4O. The number of carbonyl (C=O) groups is 1. The topological polar surface area (TPSA) is 83.8 Å². The maximum absolute atomic E-state index is 11.3. The summed E-state index contributed by atoms with van der Waals surface area (Å²) in [7, 11) is 0. The van der Waals surface area contributed by atoms with E-state index >= 15 is 0 Å². The number of H-pyrrole nitrogens is 1. The first kappa shape index (κ1) is 12.4. The van der Waals surface area contributed by atoms with Gasteiger partial charge in [-0.25, -0.2) is 4.98 Å². The quantitative estimate of drug-likeness (QED) is 0.676. The maximum atomic E-state index is 11.3. The molecule has 0 spiro atoms. The molecule has 20 heavy (non-hydrogen) atoms.